The number of ether oxygens (including phenoxy) is 1. The van der Waals surface area contributed by atoms with E-state index in [-0.39, 0.29) is 6.10 Å². The zero-order chi connectivity index (χ0) is 11.0. The van der Waals surface area contributed by atoms with Crippen LogP contribution in [0.25, 0.3) is 0 Å². The molecule has 0 aromatic heterocycles. The quantitative estimate of drug-likeness (QED) is 0.506. The summed E-state index contributed by atoms with van der Waals surface area (Å²) in [4.78, 5) is 21.2. The van der Waals surface area contributed by atoms with Crippen molar-refractivity contribution in [1.29, 1.82) is 0 Å². The SMILES string of the molecule is CCCCC(CC)OC(=O)CC(=O)O. The van der Waals surface area contributed by atoms with Crippen molar-refractivity contribution in [3.63, 3.8) is 0 Å². The fraction of sp³-hybridized carbons (Fsp3) is 0.800. The highest BCUT2D eigenvalue weighted by atomic mass is 16.5. The Kier molecular flexibility index (Phi) is 6.80. The summed E-state index contributed by atoms with van der Waals surface area (Å²) in [5.41, 5.74) is 0. The van der Waals surface area contributed by atoms with Crippen molar-refractivity contribution in [3.8, 4) is 0 Å². The Morgan fingerprint density at radius 3 is 2.43 bits per heavy atom. The predicted molar refractivity (Wildman–Crippen MR) is 51.9 cm³/mol. The normalized spacial score (nSPS) is 12.1. The average Bonchev–Trinajstić information content (AvgIpc) is 2.10. The lowest BCUT2D eigenvalue weighted by Gasteiger charge is -2.14. The van der Waals surface area contributed by atoms with Gasteiger partial charge in [0, 0.05) is 0 Å². The maximum Gasteiger partial charge on any atom is 0.317 e. The molecule has 0 fully saturated rings. The molecule has 1 N–H and O–H groups in total. The molecule has 0 radical (unpaired) electrons. The van der Waals surface area contributed by atoms with Gasteiger partial charge in [0.25, 0.3) is 0 Å². The largest absolute Gasteiger partial charge is 0.481 e. The van der Waals surface area contributed by atoms with E-state index in [9.17, 15) is 9.59 Å². The Hall–Kier alpha value is -1.06. The number of unbranched alkanes of at least 4 members (excludes halogenated alkanes) is 1. The van der Waals surface area contributed by atoms with Crippen LogP contribution < -0.4 is 0 Å². The molecule has 4 heteroatoms. The summed E-state index contributed by atoms with van der Waals surface area (Å²) in [6, 6.07) is 0. The lowest BCUT2D eigenvalue weighted by molar-refractivity contribution is -0.155. The van der Waals surface area contributed by atoms with Crippen molar-refractivity contribution in [2.75, 3.05) is 0 Å². The first-order chi connectivity index (χ1) is 6.60. The standard InChI is InChI=1S/C10H18O4/c1-3-5-6-8(4-2)14-10(13)7-9(11)12/h8H,3-7H2,1-2H3,(H,11,12). The second-order valence-electron chi connectivity index (χ2n) is 3.23. The van der Waals surface area contributed by atoms with Gasteiger partial charge in [-0.15, -0.1) is 0 Å². The van der Waals surface area contributed by atoms with E-state index in [4.69, 9.17) is 9.84 Å². The fourth-order valence-corrected chi connectivity index (χ4v) is 1.13. The fourth-order valence-electron chi connectivity index (χ4n) is 1.13. The van der Waals surface area contributed by atoms with Gasteiger partial charge in [-0.3, -0.25) is 9.59 Å². The second kappa shape index (κ2) is 7.35. The third-order valence-electron chi connectivity index (χ3n) is 1.93. The van der Waals surface area contributed by atoms with Crippen LogP contribution in [0.5, 0.6) is 0 Å². The summed E-state index contributed by atoms with van der Waals surface area (Å²) in [5, 5.41) is 8.34. The molecule has 0 aromatic rings. The highest BCUT2D eigenvalue weighted by Gasteiger charge is 2.14. The van der Waals surface area contributed by atoms with Crippen molar-refractivity contribution in [1.82, 2.24) is 0 Å². The van der Waals surface area contributed by atoms with Crippen LogP contribution in [0.15, 0.2) is 0 Å². The summed E-state index contributed by atoms with van der Waals surface area (Å²) < 4.78 is 4.99. The van der Waals surface area contributed by atoms with Gasteiger partial charge in [-0.05, 0) is 12.8 Å². The minimum Gasteiger partial charge on any atom is -0.481 e. The zero-order valence-corrected chi connectivity index (χ0v) is 8.78. The molecular formula is C10H18O4. The molecule has 82 valence electrons. The number of carboxylic acid groups (broad SMARTS) is 1. The molecule has 1 atom stereocenters. The molecule has 4 nitrogen and oxygen atoms in total. The highest BCUT2D eigenvalue weighted by Crippen LogP contribution is 2.09. The molecule has 0 heterocycles. The van der Waals surface area contributed by atoms with Gasteiger partial charge < -0.3 is 9.84 Å². The van der Waals surface area contributed by atoms with E-state index in [1.54, 1.807) is 0 Å². The molecule has 14 heavy (non-hydrogen) atoms. The summed E-state index contributed by atoms with van der Waals surface area (Å²) in [6.45, 7) is 3.99. The number of hydrogen-bond donors (Lipinski definition) is 1. The van der Waals surface area contributed by atoms with Gasteiger partial charge >= 0.3 is 11.9 Å². The van der Waals surface area contributed by atoms with Crippen molar-refractivity contribution in [3.05, 3.63) is 0 Å². The van der Waals surface area contributed by atoms with E-state index in [1.165, 1.54) is 0 Å². The second-order valence-corrected chi connectivity index (χ2v) is 3.23. The number of esters is 1. The van der Waals surface area contributed by atoms with Crippen molar-refractivity contribution >= 4 is 11.9 Å². The van der Waals surface area contributed by atoms with Crippen LogP contribution in [0.4, 0.5) is 0 Å². The molecule has 0 bridgehead atoms. The van der Waals surface area contributed by atoms with Crippen LogP contribution >= 0.6 is 0 Å². The zero-order valence-electron chi connectivity index (χ0n) is 8.78. The van der Waals surface area contributed by atoms with Gasteiger partial charge in [0.05, 0.1) is 0 Å². The van der Waals surface area contributed by atoms with Crippen LogP contribution in [-0.4, -0.2) is 23.1 Å². The van der Waals surface area contributed by atoms with Crippen molar-refractivity contribution < 1.29 is 19.4 Å². The van der Waals surface area contributed by atoms with Gasteiger partial charge in [-0.1, -0.05) is 26.7 Å². The lowest BCUT2D eigenvalue weighted by Crippen LogP contribution is -2.19. The molecule has 0 aliphatic rings. The van der Waals surface area contributed by atoms with E-state index in [0.717, 1.165) is 25.7 Å². The molecule has 0 aromatic carbocycles. The number of rotatable bonds is 7. The molecule has 0 amide bonds. The van der Waals surface area contributed by atoms with Gasteiger partial charge in [-0.25, -0.2) is 0 Å². The van der Waals surface area contributed by atoms with E-state index in [0.29, 0.717) is 0 Å². The Morgan fingerprint density at radius 2 is 2.00 bits per heavy atom. The molecule has 0 spiro atoms. The van der Waals surface area contributed by atoms with Gasteiger partial charge in [-0.2, -0.15) is 0 Å². The minimum atomic E-state index is -1.14. The Balaban J connectivity index is 3.79. The topological polar surface area (TPSA) is 63.6 Å². The predicted octanol–water partition coefficient (Wildman–Crippen LogP) is 1.97. The molecule has 1 unspecified atom stereocenters. The van der Waals surface area contributed by atoms with E-state index >= 15 is 0 Å². The van der Waals surface area contributed by atoms with Crippen LogP contribution in [0, 0.1) is 0 Å². The lowest BCUT2D eigenvalue weighted by atomic mass is 10.1. The number of carboxylic acids is 1. The van der Waals surface area contributed by atoms with Crippen molar-refractivity contribution in [2.24, 2.45) is 0 Å². The van der Waals surface area contributed by atoms with E-state index in [1.807, 2.05) is 6.92 Å². The molecule has 0 aliphatic heterocycles. The number of hydrogen-bond acceptors (Lipinski definition) is 3. The minimum absolute atomic E-state index is 0.123. The van der Waals surface area contributed by atoms with Gasteiger partial charge in [0.2, 0.25) is 0 Å². The summed E-state index contributed by atoms with van der Waals surface area (Å²) in [5.74, 6) is -1.78. The van der Waals surface area contributed by atoms with Crippen LogP contribution in [-0.2, 0) is 14.3 Å². The van der Waals surface area contributed by atoms with Crippen molar-refractivity contribution in [2.45, 2.75) is 52.1 Å². The van der Waals surface area contributed by atoms with Crippen LogP contribution in [0.2, 0.25) is 0 Å². The number of carbonyl (C=O) groups is 2. The third kappa shape index (κ3) is 6.46. The maximum atomic E-state index is 11.0. The molecule has 0 rings (SSSR count). The van der Waals surface area contributed by atoms with Gasteiger partial charge in [0.1, 0.15) is 12.5 Å². The molecule has 0 aliphatic carbocycles. The number of aliphatic carboxylic acids is 1. The van der Waals surface area contributed by atoms with E-state index < -0.39 is 18.4 Å². The number of carbonyl (C=O) groups excluding carboxylic acids is 1. The van der Waals surface area contributed by atoms with Crippen LogP contribution in [0.3, 0.4) is 0 Å². The summed E-state index contributed by atoms with van der Waals surface area (Å²) in [7, 11) is 0. The maximum absolute atomic E-state index is 11.0. The molecule has 0 saturated heterocycles. The Bertz CT molecular complexity index is 189. The Morgan fingerprint density at radius 1 is 1.36 bits per heavy atom. The smallest absolute Gasteiger partial charge is 0.317 e. The highest BCUT2D eigenvalue weighted by molar-refractivity contribution is 5.90. The monoisotopic (exact) mass is 202 g/mol. The summed E-state index contributed by atoms with van der Waals surface area (Å²) >= 11 is 0. The van der Waals surface area contributed by atoms with Gasteiger partial charge in [0.15, 0.2) is 0 Å². The Labute approximate surface area is 84.3 Å². The first-order valence-corrected chi connectivity index (χ1v) is 5.01. The van der Waals surface area contributed by atoms with Crippen LogP contribution in [0.1, 0.15) is 46.0 Å². The molecule has 0 saturated carbocycles. The first kappa shape index (κ1) is 12.9. The summed E-state index contributed by atoms with van der Waals surface area (Å²) in [6.07, 6.45) is 2.94. The molecular weight excluding hydrogens is 184 g/mol. The first-order valence-electron chi connectivity index (χ1n) is 5.01. The third-order valence-corrected chi connectivity index (χ3v) is 1.93. The average molecular weight is 202 g/mol. The van der Waals surface area contributed by atoms with E-state index in [2.05, 4.69) is 6.92 Å².